The molecule has 0 heterocycles. The monoisotopic (exact) mass is 657 g/mol. The van der Waals surface area contributed by atoms with E-state index >= 15 is 0 Å². The molecule has 11 heteroatoms. The number of nitrogens with zero attached hydrogens (tertiary/aromatic N) is 2. The van der Waals surface area contributed by atoms with Gasteiger partial charge in [-0.1, -0.05) is 95.5 Å². The molecule has 224 valence electrons. The molecule has 0 saturated heterocycles. The Balaban J connectivity index is 1.82. The molecule has 4 aromatic rings. The minimum atomic E-state index is -4.23. The first-order chi connectivity index (χ1) is 20.5. The molecule has 0 bridgehead atoms. The fraction of sp³-hybridized carbons (Fsp3) is 0.188. The number of nitrogens with one attached hydrogen (secondary N) is 1. The van der Waals surface area contributed by atoms with Crippen molar-refractivity contribution >= 4 is 62.3 Å². The van der Waals surface area contributed by atoms with Crippen LogP contribution in [-0.4, -0.2) is 44.8 Å². The summed E-state index contributed by atoms with van der Waals surface area (Å²) >= 11 is 18.8. The van der Waals surface area contributed by atoms with Gasteiger partial charge in [-0.25, -0.2) is 8.42 Å². The van der Waals surface area contributed by atoms with Gasteiger partial charge in [-0.05, 0) is 60.0 Å². The number of carbonyl (C=O) groups excluding carboxylic acids is 2. The molecule has 4 aromatic carbocycles. The number of rotatable bonds is 11. The largest absolute Gasteiger partial charge is 0.357 e. The first-order valence-electron chi connectivity index (χ1n) is 13.3. The maximum absolute atomic E-state index is 14.4. The minimum absolute atomic E-state index is 0.00495. The lowest BCUT2D eigenvalue weighted by Gasteiger charge is -2.34. The molecular weight excluding hydrogens is 629 g/mol. The maximum atomic E-state index is 14.4. The zero-order chi connectivity index (χ0) is 31.1. The van der Waals surface area contributed by atoms with Crippen LogP contribution < -0.4 is 9.62 Å². The predicted octanol–water partition coefficient (Wildman–Crippen LogP) is 6.54. The highest BCUT2D eigenvalue weighted by molar-refractivity contribution is 7.92. The second-order valence-corrected chi connectivity index (χ2v) is 12.9. The molecule has 2 amide bonds. The smallest absolute Gasteiger partial charge is 0.264 e. The second kappa shape index (κ2) is 14.3. The standard InChI is InChI=1S/C32H30Cl3N3O4S/c1-22-26(33)14-9-15-29(22)38(43(41,42)25-12-7-4-8-13-25)21-31(39)37(20-24-16-17-27(34)28(35)18-24)30(32(40)36-2)19-23-10-5-3-6-11-23/h3-18,30H,19-21H2,1-2H3,(H,36,40)/t30-/m1/s1. The summed E-state index contributed by atoms with van der Waals surface area (Å²) < 4.78 is 29.1. The number of anilines is 1. The quantitative estimate of drug-likeness (QED) is 0.198. The molecule has 43 heavy (non-hydrogen) atoms. The van der Waals surface area contributed by atoms with E-state index in [4.69, 9.17) is 34.8 Å². The van der Waals surface area contributed by atoms with E-state index in [1.807, 2.05) is 30.3 Å². The van der Waals surface area contributed by atoms with Crippen LogP contribution in [0.5, 0.6) is 0 Å². The molecule has 0 aliphatic heterocycles. The number of benzene rings is 4. The summed E-state index contributed by atoms with van der Waals surface area (Å²) in [5, 5.41) is 3.63. The molecule has 0 aromatic heterocycles. The zero-order valence-electron chi connectivity index (χ0n) is 23.5. The van der Waals surface area contributed by atoms with Crippen LogP contribution in [0.25, 0.3) is 0 Å². The van der Waals surface area contributed by atoms with Crippen molar-refractivity contribution in [2.24, 2.45) is 0 Å². The molecule has 0 unspecified atom stereocenters. The van der Waals surface area contributed by atoms with Gasteiger partial charge < -0.3 is 10.2 Å². The van der Waals surface area contributed by atoms with Crippen LogP contribution in [0, 0.1) is 6.92 Å². The molecule has 1 N–H and O–H groups in total. The molecule has 1 atom stereocenters. The highest BCUT2D eigenvalue weighted by atomic mass is 35.5. The lowest BCUT2D eigenvalue weighted by atomic mass is 10.0. The summed E-state index contributed by atoms with van der Waals surface area (Å²) in [6.45, 7) is 1.06. The van der Waals surface area contributed by atoms with Crippen molar-refractivity contribution in [2.45, 2.75) is 30.8 Å². The third-order valence-corrected chi connectivity index (χ3v) is 9.89. The summed E-state index contributed by atoms with van der Waals surface area (Å²) in [6.07, 6.45) is 0.190. The van der Waals surface area contributed by atoms with Crippen LogP contribution in [0.15, 0.2) is 102 Å². The van der Waals surface area contributed by atoms with Crippen LogP contribution in [-0.2, 0) is 32.6 Å². The summed E-state index contributed by atoms with van der Waals surface area (Å²) in [4.78, 5) is 29.1. The summed E-state index contributed by atoms with van der Waals surface area (Å²) in [6, 6.07) is 25.9. The maximum Gasteiger partial charge on any atom is 0.264 e. The van der Waals surface area contributed by atoms with Crippen LogP contribution in [0.2, 0.25) is 15.1 Å². The summed E-state index contributed by atoms with van der Waals surface area (Å²) in [5.74, 6) is -1.01. The zero-order valence-corrected chi connectivity index (χ0v) is 26.6. The number of halogens is 3. The molecule has 0 saturated carbocycles. The van der Waals surface area contributed by atoms with Gasteiger partial charge in [0.25, 0.3) is 10.0 Å². The number of hydrogen-bond acceptors (Lipinski definition) is 4. The molecule has 0 aliphatic carbocycles. The highest BCUT2D eigenvalue weighted by Gasteiger charge is 2.35. The average Bonchev–Trinajstić information content (AvgIpc) is 3.01. The first-order valence-corrected chi connectivity index (χ1v) is 15.9. The van der Waals surface area contributed by atoms with E-state index in [1.54, 1.807) is 61.5 Å². The number of sulfonamides is 1. The van der Waals surface area contributed by atoms with Crippen LogP contribution in [0.3, 0.4) is 0 Å². The van der Waals surface area contributed by atoms with E-state index in [2.05, 4.69) is 5.32 Å². The van der Waals surface area contributed by atoms with Gasteiger partial charge in [-0.3, -0.25) is 13.9 Å². The van der Waals surface area contributed by atoms with E-state index in [1.165, 1.54) is 24.1 Å². The molecule has 7 nitrogen and oxygen atoms in total. The van der Waals surface area contributed by atoms with Gasteiger partial charge in [0.2, 0.25) is 11.8 Å². The molecular formula is C32H30Cl3N3O4S. The number of likely N-dealkylation sites (N-methyl/N-ethyl adjacent to an activating group) is 1. The average molecular weight is 659 g/mol. The third-order valence-electron chi connectivity index (χ3n) is 6.97. The Bertz CT molecular complexity index is 1700. The van der Waals surface area contributed by atoms with Gasteiger partial charge in [-0.15, -0.1) is 0 Å². The van der Waals surface area contributed by atoms with E-state index < -0.39 is 34.4 Å². The van der Waals surface area contributed by atoms with E-state index in [0.29, 0.717) is 21.2 Å². The molecule has 0 radical (unpaired) electrons. The van der Waals surface area contributed by atoms with E-state index in [9.17, 15) is 18.0 Å². The lowest BCUT2D eigenvalue weighted by molar-refractivity contribution is -0.139. The van der Waals surface area contributed by atoms with Gasteiger partial charge in [0.1, 0.15) is 12.6 Å². The highest BCUT2D eigenvalue weighted by Crippen LogP contribution is 2.31. The Labute approximate surface area is 267 Å². The van der Waals surface area contributed by atoms with Crippen LogP contribution in [0.1, 0.15) is 16.7 Å². The fourth-order valence-electron chi connectivity index (χ4n) is 4.65. The normalized spacial score (nSPS) is 11.9. The molecule has 0 aliphatic rings. The van der Waals surface area contributed by atoms with Crippen molar-refractivity contribution in [1.82, 2.24) is 10.2 Å². The number of hydrogen-bond donors (Lipinski definition) is 1. The van der Waals surface area contributed by atoms with Gasteiger partial charge in [-0.2, -0.15) is 0 Å². The van der Waals surface area contributed by atoms with Crippen molar-refractivity contribution in [2.75, 3.05) is 17.9 Å². The SMILES string of the molecule is CNC(=O)[C@@H](Cc1ccccc1)N(Cc1ccc(Cl)c(Cl)c1)C(=O)CN(c1cccc(Cl)c1C)S(=O)(=O)c1ccccc1. The molecule has 0 fully saturated rings. The predicted molar refractivity (Wildman–Crippen MR) is 172 cm³/mol. The van der Waals surface area contributed by atoms with Gasteiger partial charge in [0.05, 0.1) is 20.6 Å². The Hall–Kier alpha value is -3.56. The van der Waals surface area contributed by atoms with Crippen molar-refractivity contribution in [3.8, 4) is 0 Å². The van der Waals surface area contributed by atoms with E-state index in [-0.39, 0.29) is 28.6 Å². The van der Waals surface area contributed by atoms with Crippen molar-refractivity contribution in [3.05, 3.63) is 129 Å². The Morgan fingerprint density at radius 2 is 1.44 bits per heavy atom. The molecule has 4 rings (SSSR count). The summed E-state index contributed by atoms with van der Waals surface area (Å²) in [7, 11) is -2.74. The Morgan fingerprint density at radius 1 is 0.791 bits per heavy atom. The molecule has 0 spiro atoms. The lowest BCUT2D eigenvalue weighted by Crippen LogP contribution is -2.53. The Kier molecular flexibility index (Phi) is 10.7. The van der Waals surface area contributed by atoms with E-state index in [0.717, 1.165) is 9.87 Å². The van der Waals surface area contributed by atoms with Crippen molar-refractivity contribution in [1.29, 1.82) is 0 Å². The third kappa shape index (κ3) is 7.70. The van der Waals surface area contributed by atoms with Crippen molar-refractivity contribution in [3.63, 3.8) is 0 Å². The van der Waals surface area contributed by atoms with Crippen LogP contribution >= 0.6 is 34.8 Å². The summed E-state index contributed by atoms with van der Waals surface area (Å²) in [5.41, 5.74) is 2.17. The second-order valence-electron chi connectivity index (χ2n) is 9.80. The Morgan fingerprint density at radius 3 is 2.07 bits per heavy atom. The first kappa shape index (κ1) is 32.4. The topological polar surface area (TPSA) is 86.8 Å². The number of carbonyl (C=O) groups is 2. The fourth-order valence-corrected chi connectivity index (χ4v) is 6.64. The van der Waals surface area contributed by atoms with Crippen LogP contribution in [0.4, 0.5) is 5.69 Å². The number of amides is 2. The van der Waals surface area contributed by atoms with Gasteiger partial charge in [0.15, 0.2) is 0 Å². The minimum Gasteiger partial charge on any atom is -0.357 e. The van der Waals surface area contributed by atoms with Crippen molar-refractivity contribution < 1.29 is 18.0 Å². The van der Waals surface area contributed by atoms with Gasteiger partial charge >= 0.3 is 0 Å². The van der Waals surface area contributed by atoms with Gasteiger partial charge in [0, 0.05) is 25.0 Å².